The van der Waals surface area contributed by atoms with Crippen LogP contribution in [0.2, 0.25) is 5.28 Å². The standard InChI is InChI=1S/C43H88ClN9O4/c1-36(2,17-45)25-54-29-40(9,10)21-52(22-41(11,12)30-55-26-37(3,4)18-46)34-49-33(44)50-35(51-34)53(23-42(13,14)31-56-27-38(5,6)19-47)24-43(15,16)32-57-28-39(7,8)20-48/h17-32,45-48H2,1-16H3. The lowest BCUT2D eigenvalue weighted by Gasteiger charge is -2.40. The number of halogens is 1. The van der Waals surface area contributed by atoms with Gasteiger partial charge in [-0.1, -0.05) is 111 Å². The van der Waals surface area contributed by atoms with Gasteiger partial charge in [0.25, 0.3) is 0 Å². The number of ether oxygens (including phenoxy) is 4. The molecule has 0 unspecified atom stereocenters. The fraction of sp³-hybridized carbons (Fsp3) is 0.930. The van der Waals surface area contributed by atoms with E-state index in [1.54, 1.807) is 0 Å². The van der Waals surface area contributed by atoms with Gasteiger partial charge < -0.3 is 51.7 Å². The minimum atomic E-state index is -0.282. The summed E-state index contributed by atoms with van der Waals surface area (Å²) in [5, 5.41) is 0.125. The summed E-state index contributed by atoms with van der Waals surface area (Å²) in [4.78, 5) is 19.2. The average Bonchev–Trinajstić information content (AvgIpc) is 3.06. The third-order valence-corrected chi connectivity index (χ3v) is 9.95. The highest BCUT2D eigenvalue weighted by atomic mass is 35.5. The second kappa shape index (κ2) is 21.9. The van der Waals surface area contributed by atoms with Gasteiger partial charge in [-0.2, -0.15) is 15.0 Å². The van der Waals surface area contributed by atoms with E-state index in [1.165, 1.54) is 0 Å². The van der Waals surface area contributed by atoms with Gasteiger partial charge in [0.05, 0.1) is 52.9 Å². The van der Waals surface area contributed by atoms with Crippen LogP contribution in [0.15, 0.2) is 0 Å². The molecule has 0 saturated heterocycles. The van der Waals surface area contributed by atoms with Crippen molar-refractivity contribution in [1.29, 1.82) is 0 Å². The van der Waals surface area contributed by atoms with E-state index in [0.717, 1.165) is 0 Å². The summed E-state index contributed by atoms with van der Waals surface area (Å²) < 4.78 is 25.1. The first-order valence-corrected chi connectivity index (χ1v) is 21.2. The third kappa shape index (κ3) is 22.1. The van der Waals surface area contributed by atoms with Crippen molar-refractivity contribution in [3.63, 3.8) is 0 Å². The first-order chi connectivity index (χ1) is 25.8. The minimum absolute atomic E-state index is 0.120. The molecule has 14 heteroatoms. The van der Waals surface area contributed by atoms with E-state index in [4.69, 9.17) is 68.4 Å². The third-order valence-electron chi connectivity index (χ3n) is 9.78. The van der Waals surface area contributed by atoms with Crippen molar-refractivity contribution in [3.05, 3.63) is 5.28 Å². The van der Waals surface area contributed by atoms with Gasteiger partial charge in [-0.25, -0.2) is 0 Å². The molecule has 0 aliphatic heterocycles. The van der Waals surface area contributed by atoms with Crippen LogP contribution in [-0.2, 0) is 18.9 Å². The Morgan fingerprint density at radius 2 is 0.561 bits per heavy atom. The Morgan fingerprint density at radius 3 is 0.754 bits per heavy atom. The van der Waals surface area contributed by atoms with E-state index < -0.39 is 0 Å². The van der Waals surface area contributed by atoms with Crippen LogP contribution in [0.25, 0.3) is 0 Å². The molecule has 57 heavy (non-hydrogen) atoms. The van der Waals surface area contributed by atoms with E-state index in [0.29, 0.717) is 117 Å². The summed E-state index contributed by atoms with van der Waals surface area (Å²) in [6.45, 7) is 43.4. The zero-order chi connectivity index (χ0) is 44.2. The molecule has 336 valence electrons. The molecule has 1 rings (SSSR count). The Morgan fingerprint density at radius 1 is 0.368 bits per heavy atom. The highest BCUT2D eigenvalue weighted by Gasteiger charge is 2.34. The Hall–Kier alpha value is -1.42. The monoisotopic (exact) mass is 830 g/mol. The van der Waals surface area contributed by atoms with Crippen molar-refractivity contribution in [2.75, 3.05) is 115 Å². The van der Waals surface area contributed by atoms with Crippen molar-refractivity contribution in [3.8, 4) is 0 Å². The van der Waals surface area contributed by atoms with Crippen LogP contribution in [0.3, 0.4) is 0 Å². The maximum atomic E-state index is 6.86. The Kier molecular flexibility index (Phi) is 20.6. The molecule has 0 saturated carbocycles. The predicted molar refractivity (Wildman–Crippen MR) is 239 cm³/mol. The molecule has 0 fully saturated rings. The molecular weight excluding hydrogens is 742 g/mol. The second-order valence-electron chi connectivity index (χ2n) is 23.0. The first-order valence-electron chi connectivity index (χ1n) is 20.8. The number of hydrogen-bond acceptors (Lipinski definition) is 13. The molecule has 1 heterocycles. The maximum absolute atomic E-state index is 6.86. The van der Waals surface area contributed by atoms with Crippen LogP contribution in [0.4, 0.5) is 11.9 Å². The number of aromatic nitrogens is 3. The van der Waals surface area contributed by atoms with E-state index in [9.17, 15) is 0 Å². The number of nitrogens with two attached hydrogens (primary N) is 4. The maximum Gasteiger partial charge on any atom is 0.231 e. The van der Waals surface area contributed by atoms with E-state index in [1.807, 2.05) is 0 Å². The number of anilines is 2. The smallest absolute Gasteiger partial charge is 0.231 e. The van der Waals surface area contributed by atoms with Gasteiger partial charge in [0.2, 0.25) is 17.2 Å². The fourth-order valence-electron chi connectivity index (χ4n) is 5.91. The average molecular weight is 831 g/mol. The van der Waals surface area contributed by atoms with E-state index >= 15 is 0 Å². The summed E-state index contributed by atoms with van der Waals surface area (Å²) in [7, 11) is 0. The van der Waals surface area contributed by atoms with Gasteiger partial charge in [0.15, 0.2) is 0 Å². The molecule has 0 aliphatic rings. The van der Waals surface area contributed by atoms with Crippen molar-refractivity contribution in [2.24, 2.45) is 66.3 Å². The lowest BCUT2D eigenvalue weighted by atomic mass is 9.90. The first kappa shape index (κ1) is 53.6. The van der Waals surface area contributed by atoms with Crippen molar-refractivity contribution in [2.45, 2.75) is 111 Å². The van der Waals surface area contributed by atoms with E-state index in [-0.39, 0.29) is 48.6 Å². The van der Waals surface area contributed by atoms with Crippen LogP contribution < -0.4 is 32.7 Å². The largest absolute Gasteiger partial charge is 0.380 e. The summed E-state index contributed by atoms with van der Waals surface area (Å²) in [6, 6.07) is 0. The Labute approximate surface area is 353 Å². The van der Waals surface area contributed by atoms with Crippen LogP contribution >= 0.6 is 11.6 Å². The zero-order valence-electron chi connectivity index (χ0n) is 39.4. The highest BCUT2D eigenvalue weighted by molar-refractivity contribution is 6.28. The molecule has 0 aliphatic carbocycles. The number of nitrogens with zero attached hydrogens (tertiary/aromatic N) is 5. The molecule has 0 radical (unpaired) electrons. The van der Waals surface area contributed by atoms with Crippen LogP contribution in [0.5, 0.6) is 0 Å². The van der Waals surface area contributed by atoms with Gasteiger partial charge in [0.1, 0.15) is 0 Å². The molecule has 13 nitrogen and oxygen atoms in total. The van der Waals surface area contributed by atoms with Gasteiger partial charge in [0, 0.05) is 69.5 Å². The van der Waals surface area contributed by atoms with Gasteiger partial charge >= 0.3 is 0 Å². The van der Waals surface area contributed by atoms with Crippen molar-refractivity contribution < 1.29 is 18.9 Å². The Balaban J connectivity index is 3.68. The zero-order valence-corrected chi connectivity index (χ0v) is 40.1. The number of hydrogen-bond donors (Lipinski definition) is 4. The van der Waals surface area contributed by atoms with Gasteiger partial charge in [-0.05, 0) is 37.8 Å². The molecule has 8 N–H and O–H groups in total. The van der Waals surface area contributed by atoms with Crippen LogP contribution in [0.1, 0.15) is 111 Å². The lowest BCUT2D eigenvalue weighted by Crippen LogP contribution is -2.46. The summed E-state index contributed by atoms with van der Waals surface area (Å²) in [5.41, 5.74) is 22.4. The van der Waals surface area contributed by atoms with E-state index in [2.05, 4.69) is 121 Å². The SMILES string of the molecule is CC(C)(CN)COCC(C)(C)CN(CC(C)(C)COCC(C)(C)CN)c1nc(Cl)nc(N(CC(C)(C)COCC(C)(C)CN)CC(C)(C)COCC(C)(C)CN)n1. The molecule has 0 atom stereocenters. The lowest BCUT2D eigenvalue weighted by molar-refractivity contribution is 0.0129. The highest BCUT2D eigenvalue weighted by Crippen LogP contribution is 2.32. The summed E-state index contributed by atoms with van der Waals surface area (Å²) in [5.74, 6) is 0.997. The van der Waals surface area contributed by atoms with Crippen LogP contribution in [-0.4, -0.2) is 120 Å². The summed E-state index contributed by atoms with van der Waals surface area (Å²) in [6.07, 6.45) is 0. The number of rotatable bonds is 30. The summed E-state index contributed by atoms with van der Waals surface area (Å²) >= 11 is 6.86. The molecule has 1 aromatic rings. The second-order valence-corrected chi connectivity index (χ2v) is 23.4. The molecular formula is C43H88ClN9O4. The van der Waals surface area contributed by atoms with Gasteiger partial charge in [-0.3, -0.25) is 0 Å². The molecule has 0 spiro atoms. The van der Waals surface area contributed by atoms with Crippen molar-refractivity contribution >= 4 is 23.5 Å². The minimum Gasteiger partial charge on any atom is -0.380 e. The molecule has 0 bridgehead atoms. The normalized spacial score (nSPS) is 14.1. The molecule has 1 aromatic heterocycles. The predicted octanol–water partition coefficient (Wildman–Crippen LogP) is 6.25. The molecule has 0 amide bonds. The fourth-order valence-corrected chi connectivity index (χ4v) is 6.06. The topological polar surface area (TPSA) is 186 Å². The Bertz CT molecular complexity index is 1160. The van der Waals surface area contributed by atoms with Crippen molar-refractivity contribution in [1.82, 2.24) is 15.0 Å². The van der Waals surface area contributed by atoms with Crippen LogP contribution in [0, 0.1) is 43.3 Å². The molecule has 0 aromatic carbocycles. The van der Waals surface area contributed by atoms with Gasteiger partial charge in [-0.15, -0.1) is 0 Å². The quantitative estimate of drug-likeness (QED) is 0.0683.